The fourth-order valence-electron chi connectivity index (χ4n) is 3.72. The van der Waals surface area contributed by atoms with E-state index in [4.69, 9.17) is 4.42 Å². The molecule has 0 saturated heterocycles. The first-order valence-electron chi connectivity index (χ1n) is 10.7. The molecule has 2 aromatic heterocycles. The van der Waals surface area contributed by atoms with Crippen LogP contribution in [0.4, 0.5) is 0 Å². The molecule has 0 radical (unpaired) electrons. The zero-order chi connectivity index (χ0) is 24.4. The van der Waals surface area contributed by atoms with Crippen LogP contribution < -0.4 is 21.8 Å². The number of hydrogen-bond acceptors (Lipinski definition) is 6. The third kappa shape index (κ3) is 4.30. The maximum Gasteiger partial charge on any atom is 0.305 e. The van der Waals surface area contributed by atoms with Crippen molar-refractivity contribution in [1.29, 1.82) is 0 Å². The molecule has 2 amide bonds. The number of para-hydroxylation sites is 1. The van der Waals surface area contributed by atoms with Gasteiger partial charge in [0.15, 0.2) is 16.9 Å². The van der Waals surface area contributed by atoms with E-state index >= 15 is 0 Å². The summed E-state index contributed by atoms with van der Waals surface area (Å²) >= 11 is 0. The van der Waals surface area contributed by atoms with Gasteiger partial charge in [0.1, 0.15) is 5.58 Å². The minimum Gasteiger partial charge on any atom is -0.451 e. The predicted octanol–water partition coefficient (Wildman–Crippen LogP) is 2.63. The van der Waals surface area contributed by atoms with Crippen molar-refractivity contribution < 1.29 is 14.0 Å². The van der Waals surface area contributed by atoms with Crippen LogP contribution in [0, 0.1) is 0 Å². The summed E-state index contributed by atoms with van der Waals surface area (Å²) in [5.41, 5.74) is 4.84. The molecule has 0 bridgehead atoms. The lowest BCUT2D eigenvalue weighted by molar-refractivity contribution is 0.0828. The second-order valence-corrected chi connectivity index (χ2v) is 7.72. The normalized spacial score (nSPS) is 10.9. The van der Waals surface area contributed by atoms with Gasteiger partial charge in [-0.3, -0.25) is 30.0 Å². The number of nitrogens with zero attached hydrogens (tertiary/aromatic N) is 2. The van der Waals surface area contributed by atoms with Crippen LogP contribution in [0.15, 0.2) is 98.9 Å². The molecule has 0 fully saturated rings. The molecule has 9 nitrogen and oxygen atoms in total. The predicted molar refractivity (Wildman–Crippen MR) is 129 cm³/mol. The number of aromatic nitrogens is 2. The van der Waals surface area contributed by atoms with Crippen molar-refractivity contribution in [2.45, 2.75) is 6.54 Å². The molecule has 0 aliphatic rings. The molecule has 0 aliphatic carbocycles. The lowest BCUT2D eigenvalue weighted by Crippen LogP contribution is -2.43. The maximum atomic E-state index is 13.0. The van der Waals surface area contributed by atoms with Gasteiger partial charge in [0, 0.05) is 11.5 Å². The van der Waals surface area contributed by atoms with Crippen molar-refractivity contribution in [3.8, 4) is 0 Å². The van der Waals surface area contributed by atoms with Gasteiger partial charge in [-0.2, -0.15) is 5.10 Å². The van der Waals surface area contributed by atoms with Crippen LogP contribution in [0.3, 0.4) is 0 Å². The van der Waals surface area contributed by atoms with Gasteiger partial charge < -0.3 is 4.42 Å². The molecular formula is C26H18N4O5. The van der Waals surface area contributed by atoms with Gasteiger partial charge in [-0.25, -0.2) is 4.68 Å². The van der Waals surface area contributed by atoms with Gasteiger partial charge in [0.2, 0.25) is 0 Å². The van der Waals surface area contributed by atoms with Crippen molar-refractivity contribution in [3.05, 3.63) is 123 Å². The Morgan fingerprint density at radius 3 is 2.17 bits per heavy atom. The summed E-state index contributed by atoms with van der Waals surface area (Å²) in [7, 11) is 0. The van der Waals surface area contributed by atoms with Crippen LogP contribution in [0.5, 0.6) is 0 Å². The number of hydrazine groups is 1. The van der Waals surface area contributed by atoms with E-state index < -0.39 is 11.8 Å². The van der Waals surface area contributed by atoms with Crippen LogP contribution in [0.2, 0.25) is 0 Å². The van der Waals surface area contributed by atoms with Crippen molar-refractivity contribution in [3.63, 3.8) is 0 Å². The largest absolute Gasteiger partial charge is 0.451 e. The van der Waals surface area contributed by atoms with Crippen LogP contribution in [0.25, 0.3) is 21.7 Å². The number of benzene rings is 3. The number of carbonyl (C=O) groups excluding carboxylic acids is 2. The summed E-state index contributed by atoms with van der Waals surface area (Å²) in [5, 5.41) is 5.26. The standard InChI is InChI=1S/C26H18N4O5/c31-20-14-22(35-21-13-7-6-12-19(20)21)24(32)27-28-25(33)23-17-10-4-5-11-18(17)26(34)30(29-23)15-16-8-2-1-3-9-16/h1-14H,15H2,(H,27,32)(H,28,33). The quantitative estimate of drug-likeness (QED) is 0.393. The first-order valence-corrected chi connectivity index (χ1v) is 10.7. The third-order valence-electron chi connectivity index (χ3n) is 5.41. The molecule has 172 valence electrons. The molecule has 5 aromatic rings. The van der Waals surface area contributed by atoms with Crippen molar-refractivity contribution in [2.75, 3.05) is 0 Å². The highest BCUT2D eigenvalue weighted by Gasteiger charge is 2.19. The topological polar surface area (TPSA) is 123 Å². The Labute approximate surface area is 197 Å². The minimum atomic E-state index is -0.817. The van der Waals surface area contributed by atoms with Crippen molar-refractivity contribution in [1.82, 2.24) is 20.6 Å². The van der Waals surface area contributed by atoms with E-state index in [0.717, 1.165) is 11.6 Å². The van der Waals surface area contributed by atoms with E-state index in [9.17, 15) is 19.2 Å². The molecule has 2 N–H and O–H groups in total. The Morgan fingerprint density at radius 2 is 1.40 bits per heavy atom. The van der Waals surface area contributed by atoms with E-state index in [2.05, 4.69) is 16.0 Å². The fourth-order valence-corrected chi connectivity index (χ4v) is 3.72. The lowest BCUT2D eigenvalue weighted by Gasteiger charge is -2.12. The highest BCUT2D eigenvalue weighted by atomic mass is 16.3. The molecule has 5 rings (SSSR count). The van der Waals surface area contributed by atoms with Crippen LogP contribution in [-0.4, -0.2) is 21.6 Å². The minimum absolute atomic E-state index is 0.0450. The first-order chi connectivity index (χ1) is 17.0. The number of rotatable bonds is 4. The maximum absolute atomic E-state index is 13.0. The summed E-state index contributed by atoms with van der Waals surface area (Å²) in [6.07, 6.45) is 0. The molecule has 2 heterocycles. The smallest absolute Gasteiger partial charge is 0.305 e. The number of amides is 2. The van der Waals surface area contributed by atoms with E-state index in [0.29, 0.717) is 16.2 Å². The van der Waals surface area contributed by atoms with E-state index in [1.165, 1.54) is 4.68 Å². The average Bonchev–Trinajstić information content (AvgIpc) is 2.89. The van der Waals surface area contributed by atoms with Gasteiger partial charge in [0.25, 0.3) is 11.5 Å². The van der Waals surface area contributed by atoms with Crippen LogP contribution in [0.1, 0.15) is 26.6 Å². The summed E-state index contributed by atoms with van der Waals surface area (Å²) in [6, 6.07) is 23.4. The van der Waals surface area contributed by atoms with E-state index in [1.807, 2.05) is 30.3 Å². The highest BCUT2D eigenvalue weighted by Crippen LogP contribution is 2.14. The zero-order valence-corrected chi connectivity index (χ0v) is 18.2. The monoisotopic (exact) mass is 466 g/mol. The SMILES string of the molecule is O=C(NNC(=O)c1nn(Cc2ccccc2)c(=O)c2ccccc12)c1cc(=O)c2ccccc2o1. The van der Waals surface area contributed by atoms with Gasteiger partial charge >= 0.3 is 5.91 Å². The molecule has 0 spiro atoms. The molecule has 0 saturated carbocycles. The molecule has 35 heavy (non-hydrogen) atoms. The van der Waals surface area contributed by atoms with E-state index in [-0.39, 0.29) is 34.6 Å². The third-order valence-corrected chi connectivity index (χ3v) is 5.41. The van der Waals surface area contributed by atoms with Crippen LogP contribution >= 0.6 is 0 Å². The number of carbonyl (C=O) groups is 2. The average molecular weight is 466 g/mol. The Bertz CT molecular complexity index is 1710. The second-order valence-electron chi connectivity index (χ2n) is 7.72. The molecule has 0 atom stereocenters. The van der Waals surface area contributed by atoms with Crippen molar-refractivity contribution >= 4 is 33.6 Å². The Balaban J connectivity index is 1.43. The van der Waals surface area contributed by atoms with Gasteiger partial charge in [-0.1, -0.05) is 60.7 Å². The fraction of sp³-hybridized carbons (Fsp3) is 0.0385. The molecule has 0 unspecified atom stereocenters. The number of hydrogen-bond donors (Lipinski definition) is 2. The number of fused-ring (bicyclic) bond motifs is 2. The second kappa shape index (κ2) is 9.06. The molecule has 9 heteroatoms. The Kier molecular flexibility index (Phi) is 5.64. The van der Waals surface area contributed by atoms with Gasteiger partial charge in [-0.15, -0.1) is 0 Å². The van der Waals surface area contributed by atoms with Gasteiger partial charge in [0.05, 0.1) is 17.3 Å². The summed E-state index contributed by atoms with van der Waals surface area (Å²) in [5.74, 6) is -1.82. The van der Waals surface area contributed by atoms with Crippen LogP contribution in [-0.2, 0) is 6.54 Å². The summed E-state index contributed by atoms with van der Waals surface area (Å²) in [6.45, 7) is 0.166. The van der Waals surface area contributed by atoms with E-state index in [1.54, 1.807) is 48.5 Å². The molecular weight excluding hydrogens is 448 g/mol. The summed E-state index contributed by atoms with van der Waals surface area (Å²) in [4.78, 5) is 50.8. The Morgan fingerprint density at radius 1 is 0.771 bits per heavy atom. The molecule has 3 aromatic carbocycles. The summed E-state index contributed by atoms with van der Waals surface area (Å²) < 4.78 is 6.69. The lowest BCUT2D eigenvalue weighted by atomic mass is 10.1. The zero-order valence-electron chi connectivity index (χ0n) is 18.2. The molecule has 0 aliphatic heterocycles. The van der Waals surface area contributed by atoms with Gasteiger partial charge in [-0.05, 0) is 23.8 Å². The Hall–Kier alpha value is -5.05. The first kappa shape index (κ1) is 21.8. The van der Waals surface area contributed by atoms with Crippen molar-refractivity contribution in [2.24, 2.45) is 0 Å². The number of nitrogens with one attached hydrogen (secondary N) is 2. The highest BCUT2D eigenvalue weighted by molar-refractivity contribution is 6.05.